The Bertz CT molecular complexity index is 610. The smallest absolute Gasteiger partial charge is 0.238 e. The quantitative estimate of drug-likeness (QED) is 0.881. The van der Waals surface area contributed by atoms with Gasteiger partial charge in [0.1, 0.15) is 23.4 Å². The van der Waals surface area contributed by atoms with Crippen LogP contribution in [0.5, 0.6) is 5.88 Å². The first-order valence-electron chi connectivity index (χ1n) is 5.22. The van der Waals surface area contributed by atoms with Crippen LogP contribution >= 0.6 is 11.6 Å². The van der Waals surface area contributed by atoms with Crippen LogP contribution in [0.3, 0.4) is 0 Å². The molecule has 4 nitrogen and oxygen atoms in total. The van der Waals surface area contributed by atoms with Crippen LogP contribution in [-0.4, -0.2) is 22.2 Å². The van der Waals surface area contributed by atoms with Crippen LogP contribution in [0.4, 0.5) is 8.78 Å². The molecule has 7 heteroatoms. The lowest BCUT2D eigenvalue weighted by Gasteiger charge is -2.14. The van der Waals surface area contributed by atoms with Crippen LogP contribution in [0.15, 0.2) is 24.5 Å². The molecule has 2 rings (SSSR count). The van der Waals surface area contributed by atoms with E-state index in [0.29, 0.717) is 0 Å². The predicted octanol–water partition coefficient (Wildman–Crippen LogP) is 2.50. The van der Waals surface area contributed by atoms with Gasteiger partial charge in [-0.1, -0.05) is 11.6 Å². The van der Waals surface area contributed by atoms with Crippen LogP contribution in [-0.2, 0) is 0 Å². The fourth-order valence-corrected chi connectivity index (χ4v) is 1.73. The van der Waals surface area contributed by atoms with Crippen molar-refractivity contribution in [1.29, 1.82) is 0 Å². The number of hydrogen-bond acceptors (Lipinski definition) is 4. The van der Waals surface area contributed by atoms with Gasteiger partial charge >= 0.3 is 0 Å². The zero-order valence-electron chi connectivity index (χ0n) is 9.77. The average molecular weight is 287 g/mol. The maximum absolute atomic E-state index is 13.7. The van der Waals surface area contributed by atoms with Gasteiger partial charge in [0.05, 0.1) is 12.1 Å². The number of halogens is 3. The van der Waals surface area contributed by atoms with Gasteiger partial charge in [-0.3, -0.25) is 4.98 Å². The Hall–Kier alpha value is -1.79. The lowest BCUT2D eigenvalue weighted by Crippen LogP contribution is -2.08. The Morgan fingerprint density at radius 1 is 1.21 bits per heavy atom. The number of rotatable bonds is 3. The lowest BCUT2D eigenvalue weighted by molar-refractivity contribution is 0.202. The molecule has 1 N–H and O–H groups in total. The minimum absolute atomic E-state index is 0.00868. The fraction of sp³-hybridized carbons (Fsp3) is 0.167. The Morgan fingerprint density at radius 2 is 1.89 bits per heavy atom. The molecule has 19 heavy (non-hydrogen) atoms. The minimum atomic E-state index is -1.50. The van der Waals surface area contributed by atoms with Crippen LogP contribution in [0, 0.1) is 11.6 Å². The first kappa shape index (κ1) is 13.6. The maximum atomic E-state index is 13.7. The van der Waals surface area contributed by atoms with E-state index in [1.807, 2.05) is 0 Å². The van der Waals surface area contributed by atoms with Crippen LogP contribution in [0.1, 0.15) is 17.4 Å². The second-order valence-electron chi connectivity index (χ2n) is 3.64. The Labute approximate surface area is 112 Å². The van der Waals surface area contributed by atoms with Gasteiger partial charge in [0.25, 0.3) is 0 Å². The summed E-state index contributed by atoms with van der Waals surface area (Å²) in [6.45, 7) is 0. The second kappa shape index (κ2) is 5.46. The monoisotopic (exact) mass is 286 g/mol. The topological polar surface area (TPSA) is 55.2 Å². The molecule has 2 aromatic rings. The Morgan fingerprint density at radius 3 is 2.58 bits per heavy atom. The number of hydrogen-bond donors (Lipinski definition) is 1. The van der Waals surface area contributed by atoms with Gasteiger partial charge in [0.15, 0.2) is 0 Å². The second-order valence-corrected chi connectivity index (χ2v) is 4.05. The summed E-state index contributed by atoms with van der Waals surface area (Å²) in [6.07, 6.45) is 1.16. The molecule has 1 aromatic heterocycles. The van der Waals surface area contributed by atoms with Crippen LogP contribution in [0.25, 0.3) is 0 Å². The van der Waals surface area contributed by atoms with Crippen LogP contribution < -0.4 is 4.74 Å². The van der Waals surface area contributed by atoms with Crippen molar-refractivity contribution in [3.8, 4) is 5.88 Å². The highest BCUT2D eigenvalue weighted by Crippen LogP contribution is 2.30. The summed E-state index contributed by atoms with van der Waals surface area (Å²) >= 11 is 5.45. The van der Waals surface area contributed by atoms with Crippen molar-refractivity contribution in [2.75, 3.05) is 7.11 Å². The van der Waals surface area contributed by atoms with Gasteiger partial charge in [0, 0.05) is 18.0 Å². The van der Waals surface area contributed by atoms with E-state index in [1.54, 1.807) is 0 Å². The number of aromatic nitrogens is 2. The van der Waals surface area contributed by atoms with E-state index in [0.717, 1.165) is 12.1 Å². The molecule has 100 valence electrons. The molecule has 1 aromatic carbocycles. The summed E-state index contributed by atoms with van der Waals surface area (Å²) in [5, 5.41) is 9.71. The highest BCUT2D eigenvalue weighted by Gasteiger charge is 2.22. The number of methoxy groups -OCH3 is 1. The van der Waals surface area contributed by atoms with Crippen molar-refractivity contribution in [1.82, 2.24) is 9.97 Å². The lowest BCUT2D eigenvalue weighted by atomic mass is 10.1. The third kappa shape index (κ3) is 2.64. The van der Waals surface area contributed by atoms with E-state index in [-0.39, 0.29) is 22.2 Å². The van der Waals surface area contributed by atoms with E-state index in [4.69, 9.17) is 16.3 Å². The fourth-order valence-electron chi connectivity index (χ4n) is 1.58. The van der Waals surface area contributed by atoms with Crippen molar-refractivity contribution >= 4 is 11.6 Å². The molecule has 0 aliphatic carbocycles. The molecule has 1 atom stereocenters. The number of benzene rings is 1. The molecular formula is C12H9ClF2N2O2. The predicted molar refractivity (Wildman–Crippen MR) is 64.0 cm³/mol. The summed E-state index contributed by atoms with van der Waals surface area (Å²) in [5.41, 5.74) is -0.300. The number of aliphatic hydroxyl groups is 1. The van der Waals surface area contributed by atoms with E-state index >= 15 is 0 Å². The van der Waals surface area contributed by atoms with E-state index in [9.17, 15) is 13.9 Å². The van der Waals surface area contributed by atoms with Crippen molar-refractivity contribution in [2.24, 2.45) is 0 Å². The third-order valence-electron chi connectivity index (χ3n) is 2.48. The first-order chi connectivity index (χ1) is 9.04. The van der Waals surface area contributed by atoms with Crippen molar-refractivity contribution < 1.29 is 18.6 Å². The normalized spacial score (nSPS) is 12.3. The zero-order valence-corrected chi connectivity index (χ0v) is 10.5. The van der Waals surface area contributed by atoms with Crippen LogP contribution in [0.2, 0.25) is 5.02 Å². The van der Waals surface area contributed by atoms with Crippen molar-refractivity contribution in [2.45, 2.75) is 6.10 Å². The number of nitrogens with zero attached hydrogens (tertiary/aromatic N) is 2. The zero-order chi connectivity index (χ0) is 14.0. The van der Waals surface area contributed by atoms with Crippen molar-refractivity contribution in [3.05, 3.63) is 52.4 Å². The Kier molecular flexibility index (Phi) is 3.92. The molecule has 1 heterocycles. The van der Waals surface area contributed by atoms with Gasteiger partial charge < -0.3 is 9.84 Å². The summed E-state index contributed by atoms with van der Waals surface area (Å²) in [5.74, 6) is -1.64. The summed E-state index contributed by atoms with van der Waals surface area (Å²) < 4.78 is 31.9. The minimum Gasteiger partial charge on any atom is -0.480 e. The molecule has 0 bridgehead atoms. The van der Waals surface area contributed by atoms with Gasteiger partial charge in [-0.2, -0.15) is 0 Å². The molecule has 0 fully saturated rings. The SMILES string of the molecule is COc1nccnc1C(O)c1cc(F)c(Cl)cc1F. The molecule has 0 saturated carbocycles. The van der Waals surface area contributed by atoms with Gasteiger partial charge in [0.2, 0.25) is 5.88 Å². The van der Waals surface area contributed by atoms with Gasteiger partial charge in [-0.05, 0) is 12.1 Å². The Balaban J connectivity index is 2.50. The van der Waals surface area contributed by atoms with Gasteiger partial charge in [-0.15, -0.1) is 0 Å². The van der Waals surface area contributed by atoms with E-state index < -0.39 is 17.7 Å². The highest BCUT2D eigenvalue weighted by molar-refractivity contribution is 6.30. The third-order valence-corrected chi connectivity index (χ3v) is 2.77. The first-order valence-corrected chi connectivity index (χ1v) is 5.59. The summed E-state index contributed by atoms with van der Waals surface area (Å²) in [7, 11) is 1.33. The molecule has 0 spiro atoms. The standard InChI is InChI=1S/C12H9ClF2N2O2/c1-19-12-10(16-2-3-17-12)11(18)6-4-9(15)7(13)5-8(6)14/h2-5,11,18H,1H3. The summed E-state index contributed by atoms with van der Waals surface area (Å²) in [6, 6.07) is 1.61. The van der Waals surface area contributed by atoms with E-state index in [1.165, 1.54) is 19.5 Å². The molecular weight excluding hydrogens is 278 g/mol. The van der Waals surface area contributed by atoms with E-state index in [2.05, 4.69) is 9.97 Å². The van der Waals surface area contributed by atoms with Gasteiger partial charge in [-0.25, -0.2) is 13.8 Å². The summed E-state index contributed by atoms with van der Waals surface area (Å²) in [4.78, 5) is 7.69. The largest absolute Gasteiger partial charge is 0.480 e. The van der Waals surface area contributed by atoms with Crippen molar-refractivity contribution in [3.63, 3.8) is 0 Å². The molecule has 0 aliphatic rings. The molecule has 0 aliphatic heterocycles. The highest BCUT2D eigenvalue weighted by atomic mass is 35.5. The molecule has 0 amide bonds. The maximum Gasteiger partial charge on any atom is 0.238 e. The number of ether oxygens (including phenoxy) is 1. The average Bonchev–Trinajstić information content (AvgIpc) is 2.42. The molecule has 0 radical (unpaired) electrons. The number of aliphatic hydroxyl groups excluding tert-OH is 1. The molecule has 0 saturated heterocycles. The molecule has 1 unspecified atom stereocenters.